The number of thiazole rings is 1. The van der Waals surface area contributed by atoms with Crippen LogP contribution in [0.3, 0.4) is 0 Å². The summed E-state index contributed by atoms with van der Waals surface area (Å²) in [6.07, 6.45) is 3.10. The minimum absolute atomic E-state index is 0.126. The van der Waals surface area contributed by atoms with E-state index in [-0.39, 0.29) is 29.3 Å². The van der Waals surface area contributed by atoms with Crippen molar-refractivity contribution in [3.8, 4) is 11.3 Å². The van der Waals surface area contributed by atoms with Gasteiger partial charge in [-0.1, -0.05) is 0 Å². The van der Waals surface area contributed by atoms with Crippen molar-refractivity contribution in [1.29, 1.82) is 0 Å². The lowest BCUT2D eigenvalue weighted by Gasteiger charge is -2.31. The van der Waals surface area contributed by atoms with Crippen molar-refractivity contribution in [3.05, 3.63) is 59.6 Å². The molecule has 3 heterocycles. The van der Waals surface area contributed by atoms with Crippen molar-refractivity contribution in [1.82, 2.24) is 9.88 Å². The smallest absolute Gasteiger partial charge is 0.289 e. The van der Waals surface area contributed by atoms with E-state index in [0.29, 0.717) is 29.5 Å². The Balaban J connectivity index is 1.43. The fraction of sp³-hybridized carbons (Fsp3) is 0.250. The zero-order valence-corrected chi connectivity index (χ0v) is 15.7. The van der Waals surface area contributed by atoms with Gasteiger partial charge in [-0.3, -0.25) is 9.59 Å². The Hall–Kier alpha value is -3.00. The standard InChI is InChI=1S/C20H18FN3O3S/c21-15-5-3-13(4-6-15)16-7-8-17(27-16)19(26)24-10-1-2-14(12-24)18(25)23-20-22-9-11-28-20/h3-9,11,14H,1-2,10,12H2,(H,22,23,25)/t14-/m1/s1. The molecular formula is C20H18FN3O3S. The number of halogens is 1. The first-order valence-electron chi connectivity index (χ1n) is 8.95. The molecule has 1 saturated heterocycles. The third-order valence-electron chi connectivity index (χ3n) is 4.69. The van der Waals surface area contributed by atoms with Crippen LogP contribution in [0.5, 0.6) is 0 Å². The minimum atomic E-state index is -0.331. The van der Waals surface area contributed by atoms with E-state index in [1.807, 2.05) is 0 Å². The lowest BCUT2D eigenvalue weighted by molar-refractivity contribution is -0.121. The van der Waals surface area contributed by atoms with E-state index >= 15 is 0 Å². The van der Waals surface area contributed by atoms with E-state index in [0.717, 1.165) is 12.8 Å². The topological polar surface area (TPSA) is 75.4 Å². The molecule has 28 heavy (non-hydrogen) atoms. The number of carbonyl (C=O) groups is 2. The minimum Gasteiger partial charge on any atom is -0.451 e. The average molecular weight is 399 g/mol. The highest BCUT2D eigenvalue weighted by molar-refractivity contribution is 7.13. The summed E-state index contributed by atoms with van der Waals surface area (Å²) in [7, 11) is 0. The maximum absolute atomic E-state index is 13.1. The zero-order chi connectivity index (χ0) is 19.5. The maximum Gasteiger partial charge on any atom is 0.289 e. The second-order valence-corrected chi connectivity index (χ2v) is 7.48. The molecule has 0 radical (unpaired) electrons. The van der Waals surface area contributed by atoms with Crippen LogP contribution in [0.4, 0.5) is 9.52 Å². The molecule has 3 aromatic rings. The number of carbonyl (C=O) groups excluding carboxylic acids is 2. The molecule has 1 aliphatic heterocycles. The summed E-state index contributed by atoms with van der Waals surface area (Å²) in [5, 5.41) is 5.15. The van der Waals surface area contributed by atoms with Crippen LogP contribution in [0.25, 0.3) is 11.3 Å². The number of hydrogen-bond acceptors (Lipinski definition) is 5. The number of likely N-dealkylation sites (tertiary alicyclic amines) is 1. The van der Waals surface area contributed by atoms with Crippen molar-refractivity contribution < 1.29 is 18.4 Å². The van der Waals surface area contributed by atoms with Crippen LogP contribution in [-0.4, -0.2) is 34.8 Å². The number of nitrogens with one attached hydrogen (secondary N) is 1. The van der Waals surface area contributed by atoms with Gasteiger partial charge in [0.2, 0.25) is 5.91 Å². The normalized spacial score (nSPS) is 16.8. The Morgan fingerprint density at radius 3 is 2.79 bits per heavy atom. The molecule has 1 atom stereocenters. The maximum atomic E-state index is 13.1. The van der Waals surface area contributed by atoms with Crippen LogP contribution in [0.15, 0.2) is 52.4 Å². The van der Waals surface area contributed by atoms with Crippen LogP contribution in [0.1, 0.15) is 23.4 Å². The monoisotopic (exact) mass is 399 g/mol. The van der Waals surface area contributed by atoms with Crippen molar-refractivity contribution in [3.63, 3.8) is 0 Å². The van der Waals surface area contributed by atoms with E-state index in [4.69, 9.17) is 4.42 Å². The first-order chi connectivity index (χ1) is 13.6. The van der Waals surface area contributed by atoms with Gasteiger partial charge in [0.05, 0.1) is 5.92 Å². The molecule has 8 heteroatoms. The second-order valence-electron chi connectivity index (χ2n) is 6.59. The molecule has 1 aliphatic rings. The highest BCUT2D eigenvalue weighted by atomic mass is 32.1. The van der Waals surface area contributed by atoms with Gasteiger partial charge >= 0.3 is 0 Å². The van der Waals surface area contributed by atoms with Gasteiger partial charge in [0, 0.05) is 30.2 Å². The zero-order valence-electron chi connectivity index (χ0n) is 14.9. The summed E-state index contributed by atoms with van der Waals surface area (Å²) < 4.78 is 18.8. The van der Waals surface area contributed by atoms with Gasteiger partial charge in [0.1, 0.15) is 11.6 Å². The highest BCUT2D eigenvalue weighted by Gasteiger charge is 2.30. The molecule has 0 saturated carbocycles. The Bertz CT molecular complexity index is 969. The van der Waals surface area contributed by atoms with E-state index in [1.165, 1.54) is 23.5 Å². The Morgan fingerprint density at radius 1 is 1.21 bits per heavy atom. The summed E-state index contributed by atoms with van der Waals surface area (Å²) in [5.74, 6) is -0.284. The fourth-order valence-corrected chi connectivity index (χ4v) is 3.78. The molecule has 0 spiro atoms. The number of benzene rings is 1. The van der Waals surface area contributed by atoms with Gasteiger partial charge in [-0.25, -0.2) is 9.37 Å². The first kappa shape index (κ1) is 18.4. The predicted octanol–water partition coefficient (Wildman–Crippen LogP) is 4.03. The molecule has 0 bridgehead atoms. The van der Waals surface area contributed by atoms with Crippen LogP contribution in [0.2, 0.25) is 0 Å². The molecule has 6 nitrogen and oxygen atoms in total. The number of hydrogen-bond donors (Lipinski definition) is 1. The van der Waals surface area contributed by atoms with Gasteiger partial charge in [0.25, 0.3) is 5.91 Å². The number of aromatic nitrogens is 1. The predicted molar refractivity (Wildman–Crippen MR) is 103 cm³/mol. The average Bonchev–Trinajstić information content (AvgIpc) is 3.40. The molecule has 1 aromatic carbocycles. The van der Waals surface area contributed by atoms with Gasteiger partial charge < -0.3 is 14.6 Å². The summed E-state index contributed by atoms with van der Waals surface area (Å²) >= 11 is 1.36. The van der Waals surface area contributed by atoms with Crippen LogP contribution < -0.4 is 5.32 Å². The number of amides is 2. The number of piperidine rings is 1. The quantitative estimate of drug-likeness (QED) is 0.719. The summed E-state index contributed by atoms with van der Waals surface area (Å²) in [5.41, 5.74) is 0.694. The van der Waals surface area contributed by atoms with E-state index in [1.54, 1.807) is 40.7 Å². The molecule has 2 aromatic heterocycles. The van der Waals surface area contributed by atoms with Gasteiger partial charge in [0.15, 0.2) is 10.9 Å². The van der Waals surface area contributed by atoms with Crippen LogP contribution >= 0.6 is 11.3 Å². The lowest BCUT2D eigenvalue weighted by Crippen LogP contribution is -2.43. The fourth-order valence-electron chi connectivity index (χ4n) is 3.25. The molecule has 4 rings (SSSR count). The number of furan rings is 1. The summed E-state index contributed by atoms with van der Waals surface area (Å²) in [4.78, 5) is 31.0. The first-order valence-corrected chi connectivity index (χ1v) is 9.83. The number of anilines is 1. The SMILES string of the molecule is O=C(Nc1nccs1)[C@@H]1CCCN(C(=O)c2ccc(-c3ccc(F)cc3)o2)C1. The Kier molecular flexibility index (Phi) is 5.21. The molecular weight excluding hydrogens is 381 g/mol. The van der Waals surface area contributed by atoms with Gasteiger partial charge in [-0.05, 0) is 49.2 Å². The Morgan fingerprint density at radius 2 is 2.04 bits per heavy atom. The van der Waals surface area contributed by atoms with E-state index < -0.39 is 0 Å². The number of nitrogens with zero attached hydrogens (tertiary/aromatic N) is 2. The van der Waals surface area contributed by atoms with Crippen LogP contribution in [-0.2, 0) is 4.79 Å². The third kappa shape index (κ3) is 3.96. The Labute approximate surface area is 165 Å². The van der Waals surface area contributed by atoms with Crippen LogP contribution in [0, 0.1) is 11.7 Å². The lowest BCUT2D eigenvalue weighted by atomic mass is 9.97. The molecule has 0 unspecified atom stereocenters. The molecule has 1 N–H and O–H groups in total. The summed E-state index contributed by atoms with van der Waals surface area (Å²) in [6.45, 7) is 0.912. The molecule has 144 valence electrons. The molecule has 1 fully saturated rings. The van der Waals surface area contributed by atoms with Crippen molar-refractivity contribution in [2.45, 2.75) is 12.8 Å². The van der Waals surface area contributed by atoms with E-state index in [9.17, 15) is 14.0 Å². The number of rotatable bonds is 4. The largest absolute Gasteiger partial charge is 0.451 e. The molecule has 0 aliphatic carbocycles. The van der Waals surface area contributed by atoms with Crippen molar-refractivity contribution in [2.75, 3.05) is 18.4 Å². The van der Waals surface area contributed by atoms with E-state index in [2.05, 4.69) is 10.3 Å². The molecule has 2 amide bonds. The second kappa shape index (κ2) is 7.93. The van der Waals surface area contributed by atoms with Gasteiger partial charge in [-0.2, -0.15) is 0 Å². The van der Waals surface area contributed by atoms with Crippen molar-refractivity contribution in [2.24, 2.45) is 5.92 Å². The van der Waals surface area contributed by atoms with Crippen molar-refractivity contribution >= 4 is 28.3 Å². The summed E-state index contributed by atoms with van der Waals surface area (Å²) in [6, 6.07) is 9.19. The third-order valence-corrected chi connectivity index (χ3v) is 5.38. The van der Waals surface area contributed by atoms with Gasteiger partial charge in [-0.15, -0.1) is 11.3 Å². The highest BCUT2D eigenvalue weighted by Crippen LogP contribution is 2.25.